The normalized spacial score (nSPS) is 17.3. The summed E-state index contributed by atoms with van der Waals surface area (Å²) in [5.74, 6) is -0.203. The van der Waals surface area contributed by atoms with Crippen LogP contribution in [0.2, 0.25) is 0 Å². The van der Waals surface area contributed by atoms with Gasteiger partial charge >= 0.3 is 0 Å². The Hall–Kier alpha value is -2.92. The number of hydrogen-bond acceptors (Lipinski definition) is 2. The first-order valence-corrected chi connectivity index (χ1v) is 9.25. The fourth-order valence-electron chi connectivity index (χ4n) is 4.27. The summed E-state index contributed by atoms with van der Waals surface area (Å²) < 4.78 is 15.4. The van der Waals surface area contributed by atoms with Gasteiger partial charge in [0.1, 0.15) is 5.82 Å². The Balaban J connectivity index is 1.62. The number of H-pyrrole nitrogens is 1. The summed E-state index contributed by atoms with van der Waals surface area (Å²) in [5.41, 5.74) is 6.05. The zero-order valence-electron chi connectivity index (χ0n) is 15.2. The lowest BCUT2D eigenvalue weighted by Crippen LogP contribution is -2.35. The molecule has 1 aliphatic heterocycles. The molecule has 1 unspecified atom stereocenters. The highest BCUT2D eigenvalue weighted by atomic mass is 19.1. The first-order valence-electron chi connectivity index (χ1n) is 9.25. The number of fused-ring (bicyclic) bond motifs is 3. The van der Waals surface area contributed by atoms with E-state index in [2.05, 4.69) is 45.4 Å². The van der Waals surface area contributed by atoms with Crippen LogP contribution in [0, 0.1) is 5.82 Å². The molecule has 4 aromatic rings. The summed E-state index contributed by atoms with van der Waals surface area (Å²) >= 11 is 0. The number of aromatic amines is 1. The van der Waals surface area contributed by atoms with E-state index < -0.39 is 0 Å². The second kappa shape index (κ2) is 6.35. The van der Waals surface area contributed by atoms with Crippen LogP contribution < -0.4 is 0 Å². The van der Waals surface area contributed by atoms with Gasteiger partial charge in [-0.3, -0.25) is 9.58 Å². The van der Waals surface area contributed by atoms with E-state index in [0.29, 0.717) is 0 Å². The largest absolute Gasteiger partial charge is 0.357 e. The fraction of sp³-hybridized carbons (Fsp3) is 0.227. The zero-order valence-corrected chi connectivity index (χ0v) is 15.2. The molecule has 0 saturated heterocycles. The van der Waals surface area contributed by atoms with Gasteiger partial charge in [-0.15, -0.1) is 0 Å². The molecule has 0 fully saturated rings. The highest BCUT2D eigenvalue weighted by Crippen LogP contribution is 2.39. The summed E-state index contributed by atoms with van der Waals surface area (Å²) in [4.78, 5) is 6.09. The predicted octanol–water partition coefficient (Wildman–Crippen LogP) is 4.19. The van der Waals surface area contributed by atoms with Crippen LogP contribution in [0.5, 0.6) is 0 Å². The average molecular weight is 360 g/mol. The van der Waals surface area contributed by atoms with E-state index >= 15 is 0 Å². The van der Waals surface area contributed by atoms with Crippen LogP contribution in [0.15, 0.2) is 60.9 Å². The average Bonchev–Trinajstić information content (AvgIpc) is 3.25. The van der Waals surface area contributed by atoms with Crippen LogP contribution in [-0.2, 0) is 20.0 Å². The van der Waals surface area contributed by atoms with E-state index in [1.54, 1.807) is 12.1 Å². The number of rotatable bonds is 3. The Kier molecular flexibility index (Phi) is 3.83. The third-order valence-electron chi connectivity index (χ3n) is 5.46. The number of halogens is 1. The fourth-order valence-corrected chi connectivity index (χ4v) is 4.27. The Morgan fingerprint density at radius 2 is 1.96 bits per heavy atom. The maximum absolute atomic E-state index is 13.5. The van der Waals surface area contributed by atoms with Crippen molar-refractivity contribution in [3.8, 4) is 0 Å². The van der Waals surface area contributed by atoms with Gasteiger partial charge in [-0.1, -0.05) is 30.3 Å². The summed E-state index contributed by atoms with van der Waals surface area (Å²) in [5, 5.41) is 5.60. The van der Waals surface area contributed by atoms with E-state index in [1.807, 2.05) is 30.1 Å². The molecule has 0 aliphatic carbocycles. The number of para-hydroxylation sites is 1. The molecule has 2 aromatic heterocycles. The van der Waals surface area contributed by atoms with Crippen LogP contribution in [0.4, 0.5) is 4.39 Å². The van der Waals surface area contributed by atoms with Crippen molar-refractivity contribution in [1.82, 2.24) is 19.7 Å². The summed E-state index contributed by atoms with van der Waals surface area (Å²) in [7, 11) is 1.94. The zero-order chi connectivity index (χ0) is 18.4. The van der Waals surface area contributed by atoms with E-state index in [0.717, 1.165) is 30.6 Å². The molecule has 5 rings (SSSR count). The lowest BCUT2D eigenvalue weighted by Gasteiger charge is -2.36. The molecule has 0 saturated carbocycles. The van der Waals surface area contributed by atoms with E-state index in [9.17, 15) is 4.39 Å². The predicted molar refractivity (Wildman–Crippen MR) is 104 cm³/mol. The molecule has 0 spiro atoms. The summed E-state index contributed by atoms with van der Waals surface area (Å²) in [6, 6.07) is 15.4. The van der Waals surface area contributed by atoms with Crippen molar-refractivity contribution in [3.63, 3.8) is 0 Å². The van der Waals surface area contributed by atoms with Crippen LogP contribution in [0.3, 0.4) is 0 Å². The molecular weight excluding hydrogens is 339 g/mol. The third-order valence-corrected chi connectivity index (χ3v) is 5.46. The Morgan fingerprint density at radius 3 is 2.74 bits per heavy atom. The molecule has 2 aromatic carbocycles. The van der Waals surface area contributed by atoms with Crippen LogP contribution in [-0.4, -0.2) is 26.2 Å². The molecule has 136 valence electrons. The number of nitrogens with one attached hydrogen (secondary N) is 1. The lowest BCUT2D eigenvalue weighted by molar-refractivity contribution is 0.202. The minimum Gasteiger partial charge on any atom is -0.357 e. The minimum absolute atomic E-state index is 0.0713. The molecule has 1 aliphatic rings. The van der Waals surface area contributed by atoms with Gasteiger partial charge in [0.25, 0.3) is 0 Å². The Bertz CT molecular complexity index is 1090. The van der Waals surface area contributed by atoms with Gasteiger partial charge in [0.05, 0.1) is 12.2 Å². The van der Waals surface area contributed by atoms with Crippen molar-refractivity contribution >= 4 is 10.9 Å². The quantitative estimate of drug-likeness (QED) is 0.595. The maximum Gasteiger partial charge on any atom is 0.123 e. The van der Waals surface area contributed by atoms with Gasteiger partial charge in [-0.05, 0) is 35.7 Å². The summed E-state index contributed by atoms with van der Waals surface area (Å²) in [6.45, 7) is 1.76. The monoisotopic (exact) mass is 360 g/mol. The van der Waals surface area contributed by atoms with Gasteiger partial charge in [0.2, 0.25) is 0 Å². The molecule has 0 bridgehead atoms. The Morgan fingerprint density at radius 1 is 1.15 bits per heavy atom. The molecular formula is C22H21FN4. The topological polar surface area (TPSA) is 36.9 Å². The number of aromatic nitrogens is 3. The molecule has 27 heavy (non-hydrogen) atoms. The van der Waals surface area contributed by atoms with Gasteiger partial charge < -0.3 is 4.98 Å². The number of hydrogen-bond donors (Lipinski definition) is 1. The van der Waals surface area contributed by atoms with Crippen LogP contribution in [0.25, 0.3) is 10.9 Å². The van der Waals surface area contributed by atoms with Crippen molar-refractivity contribution in [2.45, 2.75) is 19.0 Å². The van der Waals surface area contributed by atoms with E-state index in [-0.39, 0.29) is 11.9 Å². The minimum atomic E-state index is -0.203. The lowest BCUT2D eigenvalue weighted by atomic mass is 9.92. The second-order valence-corrected chi connectivity index (χ2v) is 7.26. The molecule has 3 heterocycles. The van der Waals surface area contributed by atoms with Gasteiger partial charge in [0.15, 0.2) is 0 Å². The second-order valence-electron chi connectivity index (χ2n) is 7.26. The van der Waals surface area contributed by atoms with Crippen molar-refractivity contribution < 1.29 is 4.39 Å². The number of aryl methyl sites for hydroxylation is 1. The molecule has 4 nitrogen and oxygen atoms in total. The number of benzene rings is 2. The van der Waals surface area contributed by atoms with Gasteiger partial charge in [-0.2, -0.15) is 5.10 Å². The van der Waals surface area contributed by atoms with Crippen molar-refractivity contribution in [2.75, 3.05) is 6.54 Å². The van der Waals surface area contributed by atoms with Crippen LogP contribution >= 0.6 is 0 Å². The van der Waals surface area contributed by atoms with Crippen molar-refractivity contribution in [3.05, 3.63) is 89.1 Å². The third kappa shape index (κ3) is 2.84. The molecule has 1 atom stereocenters. The summed E-state index contributed by atoms with van der Waals surface area (Å²) in [6.07, 6.45) is 4.97. The SMILES string of the molecule is Cn1cc(CN2CCc3c([nH]c4ccccc34)C2c2ccc(F)cc2)cn1. The van der Waals surface area contributed by atoms with Crippen LogP contribution in [0.1, 0.15) is 28.4 Å². The van der Waals surface area contributed by atoms with E-state index in [1.165, 1.54) is 22.2 Å². The standard InChI is InChI=1S/C22H21FN4/c1-26-13-15(12-24-26)14-27-11-10-19-18-4-2-3-5-20(18)25-21(19)22(27)16-6-8-17(23)9-7-16/h2-9,12-13,22,25H,10-11,14H2,1H3. The maximum atomic E-state index is 13.5. The van der Waals surface area contributed by atoms with Gasteiger partial charge in [-0.25, -0.2) is 4.39 Å². The molecule has 5 heteroatoms. The first kappa shape index (κ1) is 16.3. The highest BCUT2D eigenvalue weighted by molar-refractivity contribution is 5.85. The Labute approximate surface area is 157 Å². The highest BCUT2D eigenvalue weighted by Gasteiger charge is 2.31. The van der Waals surface area contributed by atoms with Crippen molar-refractivity contribution in [1.29, 1.82) is 0 Å². The number of nitrogens with zero attached hydrogens (tertiary/aromatic N) is 3. The molecule has 1 N–H and O–H groups in total. The van der Waals surface area contributed by atoms with E-state index in [4.69, 9.17) is 0 Å². The molecule has 0 amide bonds. The first-order chi connectivity index (χ1) is 13.2. The molecule has 0 radical (unpaired) electrons. The smallest absolute Gasteiger partial charge is 0.123 e. The van der Waals surface area contributed by atoms with Gasteiger partial charge in [0, 0.05) is 48.5 Å². The van der Waals surface area contributed by atoms with Crippen molar-refractivity contribution in [2.24, 2.45) is 7.05 Å².